The lowest BCUT2D eigenvalue weighted by atomic mass is 10.2. The van der Waals surface area contributed by atoms with E-state index in [1.807, 2.05) is 0 Å². The second-order valence-electron chi connectivity index (χ2n) is 3.30. The van der Waals surface area contributed by atoms with Crippen LogP contribution in [0.4, 0.5) is 14.6 Å². The molecule has 7 heteroatoms. The Hall–Kier alpha value is -2.31. The van der Waals surface area contributed by atoms with Gasteiger partial charge >= 0.3 is 0 Å². The molecule has 88 valence electrons. The molecule has 0 amide bonds. The quantitative estimate of drug-likeness (QED) is 0.486. The molecular weight excluding hydrogens is 228 g/mol. The molecule has 0 atom stereocenters. The minimum Gasteiger partial charge on any atom is -0.284 e. The van der Waals surface area contributed by atoms with Gasteiger partial charge in [0.25, 0.3) is 0 Å². The van der Waals surface area contributed by atoms with E-state index in [1.54, 1.807) is 19.2 Å². The number of nitrogens with one attached hydrogen (secondary N) is 2. The van der Waals surface area contributed by atoms with Crippen LogP contribution in [0.5, 0.6) is 0 Å². The van der Waals surface area contributed by atoms with E-state index >= 15 is 0 Å². The Labute approximate surface area is 95.6 Å². The zero-order valence-electron chi connectivity index (χ0n) is 8.91. The molecule has 17 heavy (non-hydrogen) atoms. The van der Waals surface area contributed by atoms with Crippen LogP contribution >= 0.6 is 0 Å². The van der Waals surface area contributed by atoms with Gasteiger partial charge < -0.3 is 0 Å². The van der Waals surface area contributed by atoms with Gasteiger partial charge in [-0.05, 0) is 18.6 Å². The van der Waals surface area contributed by atoms with Gasteiger partial charge in [-0.1, -0.05) is 0 Å². The minimum atomic E-state index is -0.893. The van der Waals surface area contributed by atoms with E-state index in [0.29, 0.717) is 11.4 Å². The van der Waals surface area contributed by atoms with Crippen molar-refractivity contribution in [1.82, 2.24) is 15.2 Å². The van der Waals surface area contributed by atoms with E-state index in [-0.39, 0.29) is 5.56 Å². The van der Waals surface area contributed by atoms with E-state index in [9.17, 15) is 8.78 Å². The first-order chi connectivity index (χ1) is 8.16. The second kappa shape index (κ2) is 4.69. The number of halogens is 2. The summed E-state index contributed by atoms with van der Waals surface area (Å²) in [6.45, 7) is 1.57. The molecule has 2 heterocycles. The summed E-state index contributed by atoms with van der Waals surface area (Å²) < 4.78 is 26.0. The molecule has 2 aromatic heterocycles. The molecule has 2 rings (SSSR count). The highest BCUT2D eigenvalue weighted by Crippen LogP contribution is 2.10. The van der Waals surface area contributed by atoms with Crippen molar-refractivity contribution in [3.8, 4) is 0 Å². The summed E-state index contributed by atoms with van der Waals surface area (Å²) in [6, 6.07) is 2.79. The van der Waals surface area contributed by atoms with Crippen LogP contribution in [0.3, 0.4) is 0 Å². The van der Waals surface area contributed by atoms with Gasteiger partial charge in [-0.3, -0.25) is 10.5 Å². The largest absolute Gasteiger partial charge is 0.284 e. The Morgan fingerprint density at radius 1 is 1.47 bits per heavy atom. The molecule has 0 aliphatic rings. The summed E-state index contributed by atoms with van der Waals surface area (Å²) >= 11 is 0. The fraction of sp³-hybridized carbons (Fsp3) is 0.100. The van der Waals surface area contributed by atoms with Gasteiger partial charge in [-0.25, -0.2) is 0 Å². The number of hydrogen-bond donors (Lipinski definition) is 2. The first-order valence-electron chi connectivity index (χ1n) is 4.78. The van der Waals surface area contributed by atoms with Crippen LogP contribution in [-0.2, 0) is 0 Å². The summed E-state index contributed by atoms with van der Waals surface area (Å²) in [4.78, 5) is 3.08. The zero-order chi connectivity index (χ0) is 12.3. The third-order valence-corrected chi connectivity index (χ3v) is 2.06. The fourth-order valence-corrected chi connectivity index (χ4v) is 1.25. The number of H-pyrrole nitrogens is 1. The number of aryl methyl sites for hydroxylation is 1. The number of pyridine rings is 1. The second-order valence-corrected chi connectivity index (χ2v) is 3.30. The Bertz CT molecular complexity index is 513. The molecule has 0 fully saturated rings. The molecule has 0 radical (unpaired) electrons. The molecule has 0 bridgehead atoms. The van der Waals surface area contributed by atoms with Gasteiger partial charge in [0.05, 0.1) is 11.8 Å². The molecule has 0 saturated carbocycles. The van der Waals surface area contributed by atoms with Crippen LogP contribution in [0.15, 0.2) is 23.4 Å². The molecule has 2 N–H and O–H groups in total. The highest BCUT2D eigenvalue weighted by Gasteiger charge is 2.07. The van der Waals surface area contributed by atoms with Crippen molar-refractivity contribution in [1.29, 1.82) is 0 Å². The van der Waals surface area contributed by atoms with Crippen LogP contribution in [0, 0.1) is 18.8 Å². The Morgan fingerprint density at radius 2 is 2.29 bits per heavy atom. The van der Waals surface area contributed by atoms with Crippen molar-refractivity contribution in [3.05, 3.63) is 41.4 Å². The Morgan fingerprint density at radius 3 is 2.94 bits per heavy atom. The molecule has 5 nitrogen and oxygen atoms in total. The van der Waals surface area contributed by atoms with Crippen LogP contribution in [0.2, 0.25) is 0 Å². The van der Waals surface area contributed by atoms with E-state index < -0.39 is 11.9 Å². The highest BCUT2D eigenvalue weighted by molar-refractivity contribution is 5.81. The third-order valence-electron chi connectivity index (χ3n) is 2.06. The predicted octanol–water partition coefficient (Wildman–Crippen LogP) is 1.84. The molecule has 2 aromatic rings. The predicted molar refractivity (Wildman–Crippen MR) is 58.7 cm³/mol. The van der Waals surface area contributed by atoms with Gasteiger partial charge in [-0.15, -0.1) is 0 Å². The van der Waals surface area contributed by atoms with E-state index in [2.05, 4.69) is 25.7 Å². The van der Waals surface area contributed by atoms with Crippen LogP contribution in [0.25, 0.3) is 0 Å². The van der Waals surface area contributed by atoms with Crippen molar-refractivity contribution in [2.24, 2.45) is 5.10 Å². The summed E-state index contributed by atoms with van der Waals surface area (Å²) in [7, 11) is 0. The maximum absolute atomic E-state index is 13.3. The lowest BCUT2D eigenvalue weighted by molar-refractivity contribution is 0.510. The van der Waals surface area contributed by atoms with Crippen molar-refractivity contribution >= 4 is 12.0 Å². The molecule has 0 spiro atoms. The number of hydrazone groups is 1. The Kier molecular flexibility index (Phi) is 3.08. The summed E-state index contributed by atoms with van der Waals surface area (Å²) in [5.74, 6) is -1.25. The molecule has 0 aliphatic carbocycles. The van der Waals surface area contributed by atoms with Crippen LogP contribution in [-0.4, -0.2) is 21.4 Å². The summed E-state index contributed by atoms with van der Waals surface area (Å²) in [5, 5.41) is 10.1. The van der Waals surface area contributed by atoms with Crippen molar-refractivity contribution in [3.63, 3.8) is 0 Å². The van der Waals surface area contributed by atoms with Crippen molar-refractivity contribution in [2.45, 2.75) is 6.92 Å². The molecule has 0 saturated heterocycles. The van der Waals surface area contributed by atoms with E-state index in [0.717, 1.165) is 6.07 Å². The Balaban J connectivity index is 2.16. The number of hydrogen-bond acceptors (Lipinski definition) is 4. The standard InChI is InChI=1S/C10H9F2N5/c1-6-4-8(11)15-10(12)7(6)5-14-17-9-2-3-13-16-9/h2-5H,1H3,(H2,13,16,17)/b14-5-. The molecule has 0 aliphatic heterocycles. The number of aromatic nitrogens is 3. The maximum atomic E-state index is 13.3. The number of anilines is 1. The van der Waals surface area contributed by atoms with Gasteiger partial charge in [0.1, 0.15) is 0 Å². The van der Waals surface area contributed by atoms with Gasteiger partial charge in [0.2, 0.25) is 11.9 Å². The minimum absolute atomic E-state index is 0.134. The van der Waals surface area contributed by atoms with Crippen LogP contribution < -0.4 is 5.43 Å². The normalized spacial score (nSPS) is 11.0. The number of rotatable bonds is 3. The summed E-state index contributed by atoms with van der Waals surface area (Å²) in [5.41, 5.74) is 3.13. The van der Waals surface area contributed by atoms with Crippen LogP contribution in [0.1, 0.15) is 11.1 Å². The fourth-order valence-electron chi connectivity index (χ4n) is 1.25. The summed E-state index contributed by atoms with van der Waals surface area (Å²) in [6.07, 6.45) is 2.84. The number of nitrogens with zero attached hydrogens (tertiary/aromatic N) is 3. The number of aromatic amines is 1. The molecule has 0 unspecified atom stereocenters. The first-order valence-corrected chi connectivity index (χ1v) is 4.78. The lowest BCUT2D eigenvalue weighted by Crippen LogP contribution is -2.01. The van der Waals surface area contributed by atoms with Gasteiger partial charge in [0, 0.05) is 12.3 Å². The lowest BCUT2D eigenvalue weighted by Gasteiger charge is -2.00. The topological polar surface area (TPSA) is 66.0 Å². The smallest absolute Gasteiger partial charge is 0.224 e. The average Bonchev–Trinajstić information content (AvgIpc) is 2.74. The molecule has 0 aromatic carbocycles. The van der Waals surface area contributed by atoms with E-state index in [4.69, 9.17) is 0 Å². The monoisotopic (exact) mass is 237 g/mol. The first kappa shape index (κ1) is 11.2. The average molecular weight is 237 g/mol. The highest BCUT2D eigenvalue weighted by atomic mass is 19.1. The van der Waals surface area contributed by atoms with Gasteiger partial charge in [-0.2, -0.15) is 24.0 Å². The van der Waals surface area contributed by atoms with E-state index in [1.165, 1.54) is 6.21 Å². The molecular formula is C10H9F2N5. The maximum Gasteiger partial charge on any atom is 0.224 e. The van der Waals surface area contributed by atoms with Crippen molar-refractivity contribution < 1.29 is 8.78 Å². The third kappa shape index (κ3) is 2.63. The SMILES string of the molecule is Cc1cc(F)nc(F)c1/C=N\Nc1cc[nH]n1. The van der Waals surface area contributed by atoms with Gasteiger partial charge in [0.15, 0.2) is 5.82 Å². The zero-order valence-corrected chi connectivity index (χ0v) is 8.91. The van der Waals surface area contributed by atoms with Crippen molar-refractivity contribution in [2.75, 3.05) is 5.43 Å².